The van der Waals surface area contributed by atoms with Gasteiger partial charge in [0.05, 0.1) is 6.04 Å². The van der Waals surface area contributed by atoms with Crippen LogP contribution in [0.1, 0.15) is 32.1 Å². The Morgan fingerprint density at radius 1 is 1.20 bits per heavy atom. The number of hydrazine groups is 1. The third-order valence-electron chi connectivity index (χ3n) is 4.56. The van der Waals surface area contributed by atoms with Crippen molar-refractivity contribution >= 4 is 17.8 Å². The topological polar surface area (TPSA) is 107 Å². The zero-order valence-corrected chi connectivity index (χ0v) is 11.1. The molecular formula is C12H18N4O4. The van der Waals surface area contributed by atoms with Crippen LogP contribution in [0.15, 0.2) is 0 Å². The van der Waals surface area contributed by atoms with Gasteiger partial charge in [-0.15, -0.1) is 0 Å². The summed E-state index contributed by atoms with van der Waals surface area (Å²) in [4.78, 5) is 37.4. The predicted molar refractivity (Wildman–Crippen MR) is 65.9 cm³/mol. The Morgan fingerprint density at radius 2 is 1.90 bits per heavy atom. The molecule has 2 heterocycles. The molecule has 0 aromatic rings. The van der Waals surface area contributed by atoms with E-state index in [1.165, 1.54) is 4.90 Å². The lowest BCUT2D eigenvalue weighted by Crippen LogP contribution is -2.56. The highest BCUT2D eigenvalue weighted by Gasteiger charge is 2.48. The van der Waals surface area contributed by atoms with E-state index in [0.717, 1.165) is 19.3 Å². The van der Waals surface area contributed by atoms with Crippen LogP contribution in [0.5, 0.6) is 0 Å². The number of urea groups is 1. The van der Waals surface area contributed by atoms with Gasteiger partial charge in [-0.1, -0.05) is 6.42 Å². The first kappa shape index (κ1) is 13.3. The number of hydrogen-bond acceptors (Lipinski definition) is 5. The highest BCUT2D eigenvalue weighted by Crippen LogP contribution is 2.31. The molecule has 3 fully saturated rings. The molecule has 8 nitrogen and oxygen atoms in total. The number of hydrogen-bond donors (Lipinski definition) is 2. The van der Waals surface area contributed by atoms with Gasteiger partial charge >= 0.3 is 6.03 Å². The molecule has 1 saturated carbocycles. The number of hydroxylamine groups is 2. The molecule has 20 heavy (non-hydrogen) atoms. The van der Waals surface area contributed by atoms with Crippen LogP contribution in [-0.4, -0.2) is 56.7 Å². The van der Waals surface area contributed by atoms with Gasteiger partial charge in [-0.2, -0.15) is 0 Å². The Balaban J connectivity index is 1.70. The van der Waals surface area contributed by atoms with Crippen molar-refractivity contribution in [2.75, 3.05) is 6.54 Å². The minimum Gasteiger partial charge on any atom is -0.309 e. The average Bonchev–Trinajstić information content (AvgIpc) is 2.61. The first-order chi connectivity index (χ1) is 9.50. The molecule has 3 aliphatic rings. The van der Waals surface area contributed by atoms with Gasteiger partial charge < -0.3 is 4.90 Å². The molecule has 0 aromatic carbocycles. The molecule has 2 atom stereocenters. The van der Waals surface area contributed by atoms with Crippen LogP contribution in [0.4, 0.5) is 4.79 Å². The summed E-state index contributed by atoms with van der Waals surface area (Å²) in [6, 6.07) is -1.60. The normalized spacial score (nSPS) is 29.4. The maximum atomic E-state index is 12.3. The summed E-state index contributed by atoms with van der Waals surface area (Å²) >= 11 is 0. The molecule has 4 amide bonds. The third kappa shape index (κ3) is 1.87. The molecule has 8 heteroatoms. The van der Waals surface area contributed by atoms with E-state index < -0.39 is 18.0 Å². The van der Waals surface area contributed by atoms with Gasteiger partial charge in [-0.05, 0) is 25.7 Å². The largest absolute Gasteiger partial charge is 0.344 e. The second-order valence-corrected chi connectivity index (χ2v) is 5.70. The number of amides is 4. The first-order valence-corrected chi connectivity index (χ1v) is 6.92. The second kappa shape index (κ2) is 4.71. The minimum atomic E-state index is -0.745. The van der Waals surface area contributed by atoms with Crippen molar-refractivity contribution in [3.05, 3.63) is 0 Å². The molecule has 0 radical (unpaired) electrons. The number of rotatable bonds is 2. The van der Waals surface area contributed by atoms with Crippen LogP contribution >= 0.6 is 0 Å². The lowest BCUT2D eigenvalue weighted by atomic mass is 9.84. The van der Waals surface area contributed by atoms with Gasteiger partial charge in [0.2, 0.25) is 5.91 Å². The van der Waals surface area contributed by atoms with E-state index in [2.05, 4.69) is 0 Å². The van der Waals surface area contributed by atoms with Crippen LogP contribution < -0.4 is 5.84 Å². The fraction of sp³-hybridized carbons (Fsp3) is 0.750. The standard InChI is InChI=1S/C12H18N4O4/c13-15(10(17)7-2-1-3-7)11(18)9-5-4-8-6-14(9)12(19)16(8)20/h7-9,20H,1-6,13H2. The Hall–Kier alpha value is -1.67. The lowest BCUT2D eigenvalue weighted by molar-refractivity contribution is -0.152. The highest BCUT2D eigenvalue weighted by atomic mass is 16.5. The smallest absolute Gasteiger partial charge is 0.309 e. The van der Waals surface area contributed by atoms with E-state index in [0.29, 0.717) is 29.5 Å². The Bertz CT molecular complexity index is 464. The van der Waals surface area contributed by atoms with Crippen LogP contribution in [-0.2, 0) is 9.59 Å². The van der Waals surface area contributed by atoms with E-state index in [4.69, 9.17) is 5.84 Å². The first-order valence-electron chi connectivity index (χ1n) is 6.92. The summed E-state index contributed by atoms with van der Waals surface area (Å²) in [6.07, 6.45) is 3.45. The average molecular weight is 282 g/mol. The molecule has 3 rings (SSSR count). The van der Waals surface area contributed by atoms with E-state index in [9.17, 15) is 19.6 Å². The molecular weight excluding hydrogens is 264 g/mol. The quantitative estimate of drug-likeness (QED) is 0.237. The van der Waals surface area contributed by atoms with E-state index in [-0.39, 0.29) is 17.9 Å². The monoisotopic (exact) mass is 282 g/mol. The summed E-state index contributed by atoms with van der Waals surface area (Å²) < 4.78 is 0. The zero-order valence-electron chi connectivity index (χ0n) is 11.1. The summed E-state index contributed by atoms with van der Waals surface area (Å²) in [7, 11) is 0. The van der Waals surface area contributed by atoms with Crippen molar-refractivity contribution in [1.29, 1.82) is 0 Å². The van der Waals surface area contributed by atoms with E-state index >= 15 is 0 Å². The van der Waals surface area contributed by atoms with Gasteiger partial charge in [0.1, 0.15) is 6.04 Å². The molecule has 2 saturated heterocycles. The number of nitrogens with zero attached hydrogens (tertiary/aromatic N) is 3. The summed E-state index contributed by atoms with van der Waals surface area (Å²) in [5, 5.41) is 10.9. The number of fused-ring (bicyclic) bond motifs is 2. The molecule has 2 aliphatic heterocycles. The SMILES string of the molecule is NN(C(=O)C1CCC1)C(=O)C1CCC2CN1C(=O)N2O. The van der Waals surface area contributed by atoms with Crippen LogP contribution in [0.25, 0.3) is 0 Å². The maximum absolute atomic E-state index is 12.3. The van der Waals surface area contributed by atoms with Gasteiger partial charge in [0.25, 0.3) is 5.91 Å². The van der Waals surface area contributed by atoms with Gasteiger partial charge in [0, 0.05) is 12.5 Å². The highest BCUT2D eigenvalue weighted by molar-refractivity contribution is 5.99. The second-order valence-electron chi connectivity index (χ2n) is 5.70. The van der Waals surface area contributed by atoms with Gasteiger partial charge in [-0.25, -0.2) is 20.7 Å². The van der Waals surface area contributed by atoms with Crippen molar-refractivity contribution in [2.45, 2.75) is 44.2 Å². The fourth-order valence-corrected chi connectivity index (χ4v) is 3.03. The molecule has 0 spiro atoms. The van der Waals surface area contributed by atoms with Crippen molar-refractivity contribution in [2.24, 2.45) is 11.8 Å². The van der Waals surface area contributed by atoms with Gasteiger partial charge in [0.15, 0.2) is 0 Å². The number of carbonyl (C=O) groups is 3. The molecule has 3 N–H and O–H groups in total. The Labute approximate surface area is 116 Å². The summed E-state index contributed by atoms with van der Waals surface area (Å²) in [5.74, 6) is 4.55. The molecule has 0 aromatic heterocycles. The molecule has 110 valence electrons. The molecule has 2 unspecified atom stereocenters. The van der Waals surface area contributed by atoms with E-state index in [1.807, 2.05) is 0 Å². The zero-order chi connectivity index (χ0) is 14.4. The Morgan fingerprint density at radius 3 is 2.50 bits per heavy atom. The predicted octanol–water partition coefficient (Wildman–Crippen LogP) is -0.327. The number of nitrogens with two attached hydrogens (primary N) is 1. The maximum Gasteiger partial charge on any atom is 0.344 e. The molecule has 1 aliphatic carbocycles. The third-order valence-corrected chi connectivity index (χ3v) is 4.56. The van der Waals surface area contributed by atoms with Crippen molar-refractivity contribution in [3.8, 4) is 0 Å². The fourth-order valence-electron chi connectivity index (χ4n) is 3.03. The van der Waals surface area contributed by atoms with Crippen molar-refractivity contribution in [3.63, 3.8) is 0 Å². The van der Waals surface area contributed by atoms with Crippen LogP contribution in [0, 0.1) is 5.92 Å². The lowest BCUT2D eigenvalue weighted by Gasteiger charge is -2.33. The summed E-state index contributed by atoms with van der Waals surface area (Å²) in [6.45, 7) is 0.303. The van der Waals surface area contributed by atoms with Crippen LogP contribution in [0.2, 0.25) is 0 Å². The number of imide groups is 1. The Kier molecular flexibility index (Phi) is 3.14. The number of carbonyl (C=O) groups excluding carboxylic acids is 3. The van der Waals surface area contributed by atoms with Crippen molar-refractivity contribution in [1.82, 2.24) is 15.0 Å². The molecule has 2 bridgehead atoms. The van der Waals surface area contributed by atoms with Crippen molar-refractivity contribution < 1.29 is 19.6 Å². The number of piperidine rings is 1. The van der Waals surface area contributed by atoms with E-state index in [1.54, 1.807) is 0 Å². The minimum absolute atomic E-state index is 0.163. The van der Waals surface area contributed by atoms with Crippen LogP contribution in [0.3, 0.4) is 0 Å². The van der Waals surface area contributed by atoms with Gasteiger partial charge in [-0.3, -0.25) is 14.8 Å². The summed E-state index contributed by atoms with van der Waals surface area (Å²) in [5.41, 5.74) is 0.